The topological polar surface area (TPSA) is 29.5 Å². The van der Waals surface area contributed by atoms with Crippen LogP contribution in [0.2, 0.25) is 0 Å². The standard InChI is InChI=1S/C26H31NO2/c28-25(29-19-20-10-9-17-27-16-8-7-15-24(20)27)23-18-26(23,21-11-3-1-4-12-21)22-13-5-2-6-14-22/h1-6,11-14,20,23-24H,7-10,15-19H2/t20-,23?,24+/m0/s1. The van der Waals surface area contributed by atoms with Gasteiger partial charge in [0, 0.05) is 17.4 Å². The maximum atomic E-state index is 13.1. The van der Waals surface area contributed by atoms with Gasteiger partial charge in [0.25, 0.3) is 0 Å². The number of piperidine rings is 2. The van der Waals surface area contributed by atoms with Crippen molar-refractivity contribution in [1.82, 2.24) is 4.90 Å². The highest BCUT2D eigenvalue weighted by Crippen LogP contribution is 2.59. The van der Waals surface area contributed by atoms with Crippen LogP contribution in [-0.4, -0.2) is 36.6 Å². The van der Waals surface area contributed by atoms with E-state index in [2.05, 4.69) is 53.4 Å². The number of carbonyl (C=O) groups is 1. The van der Waals surface area contributed by atoms with E-state index < -0.39 is 0 Å². The lowest BCUT2D eigenvalue weighted by molar-refractivity contribution is -0.148. The first kappa shape index (κ1) is 18.9. The molecule has 152 valence electrons. The lowest BCUT2D eigenvalue weighted by atomic mass is 9.84. The molecule has 2 heterocycles. The summed E-state index contributed by atoms with van der Waals surface area (Å²) >= 11 is 0. The molecule has 3 heteroatoms. The highest BCUT2D eigenvalue weighted by molar-refractivity contribution is 5.81. The van der Waals surface area contributed by atoms with Gasteiger partial charge in [-0.25, -0.2) is 0 Å². The van der Waals surface area contributed by atoms with Crippen molar-refractivity contribution in [3.05, 3.63) is 71.8 Å². The Bertz CT molecular complexity index is 793. The molecular weight excluding hydrogens is 358 g/mol. The molecule has 0 amide bonds. The Balaban J connectivity index is 1.30. The number of hydrogen-bond donors (Lipinski definition) is 0. The van der Waals surface area contributed by atoms with Gasteiger partial charge in [-0.2, -0.15) is 0 Å². The molecule has 2 aromatic rings. The molecule has 1 aliphatic carbocycles. The summed E-state index contributed by atoms with van der Waals surface area (Å²) in [4.78, 5) is 15.8. The Morgan fingerprint density at radius 2 is 1.55 bits per heavy atom. The van der Waals surface area contributed by atoms with Gasteiger partial charge in [-0.1, -0.05) is 67.1 Å². The minimum absolute atomic E-state index is 0.00867. The van der Waals surface area contributed by atoms with Crippen LogP contribution in [0.15, 0.2) is 60.7 Å². The third-order valence-corrected chi connectivity index (χ3v) is 7.49. The second kappa shape index (κ2) is 7.95. The molecule has 29 heavy (non-hydrogen) atoms. The number of carbonyl (C=O) groups excluding carboxylic acids is 1. The number of nitrogens with zero attached hydrogens (tertiary/aromatic N) is 1. The SMILES string of the molecule is O=C(OC[C@@H]1CCCN2CCCC[C@H]12)C1CC1(c1ccccc1)c1ccccc1. The normalized spacial score (nSPS) is 28.3. The first-order valence-corrected chi connectivity index (χ1v) is 11.3. The zero-order valence-electron chi connectivity index (χ0n) is 17.1. The van der Waals surface area contributed by atoms with E-state index in [0.717, 1.165) is 6.42 Å². The Hall–Kier alpha value is -2.13. The highest BCUT2D eigenvalue weighted by atomic mass is 16.5. The average Bonchev–Trinajstić information content (AvgIpc) is 3.56. The van der Waals surface area contributed by atoms with Crippen LogP contribution >= 0.6 is 0 Å². The van der Waals surface area contributed by atoms with Gasteiger partial charge < -0.3 is 4.74 Å². The fraction of sp³-hybridized carbons (Fsp3) is 0.500. The van der Waals surface area contributed by atoms with Gasteiger partial charge in [-0.3, -0.25) is 9.69 Å². The van der Waals surface area contributed by atoms with Crippen LogP contribution < -0.4 is 0 Å². The maximum absolute atomic E-state index is 13.1. The number of hydrogen-bond acceptors (Lipinski definition) is 3. The smallest absolute Gasteiger partial charge is 0.310 e. The molecule has 5 rings (SSSR count). The van der Waals surface area contributed by atoms with Crippen LogP contribution in [0.1, 0.15) is 49.7 Å². The third kappa shape index (κ3) is 3.50. The monoisotopic (exact) mass is 389 g/mol. The molecule has 3 atom stereocenters. The van der Waals surface area contributed by atoms with E-state index >= 15 is 0 Å². The van der Waals surface area contributed by atoms with E-state index in [0.29, 0.717) is 18.6 Å². The van der Waals surface area contributed by atoms with Gasteiger partial charge in [0.1, 0.15) is 0 Å². The van der Waals surface area contributed by atoms with Crippen molar-refractivity contribution < 1.29 is 9.53 Å². The van der Waals surface area contributed by atoms with Gasteiger partial charge in [0.05, 0.1) is 12.5 Å². The minimum atomic E-state index is -0.219. The number of rotatable bonds is 5. The van der Waals surface area contributed by atoms with Crippen LogP contribution in [0.4, 0.5) is 0 Å². The van der Waals surface area contributed by atoms with Gasteiger partial charge in [0.15, 0.2) is 0 Å². The molecule has 0 radical (unpaired) electrons. The van der Waals surface area contributed by atoms with Crippen LogP contribution in [0.3, 0.4) is 0 Å². The zero-order valence-corrected chi connectivity index (χ0v) is 17.1. The summed E-state index contributed by atoms with van der Waals surface area (Å²) in [5.41, 5.74) is 2.23. The van der Waals surface area contributed by atoms with Crippen molar-refractivity contribution >= 4 is 5.97 Å². The molecule has 2 saturated heterocycles. The summed E-state index contributed by atoms with van der Waals surface area (Å²) < 4.78 is 5.99. The zero-order chi connectivity index (χ0) is 19.7. The lowest BCUT2D eigenvalue weighted by Crippen LogP contribution is -2.49. The van der Waals surface area contributed by atoms with Crippen LogP contribution in [-0.2, 0) is 14.9 Å². The van der Waals surface area contributed by atoms with E-state index in [1.165, 1.54) is 56.3 Å². The number of benzene rings is 2. The van der Waals surface area contributed by atoms with E-state index in [1.807, 2.05) is 12.1 Å². The van der Waals surface area contributed by atoms with E-state index in [-0.39, 0.29) is 17.3 Å². The Morgan fingerprint density at radius 1 is 0.897 bits per heavy atom. The molecule has 2 aromatic carbocycles. The molecule has 3 nitrogen and oxygen atoms in total. The molecule has 1 unspecified atom stereocenters. The Labute approximate surface area is 174 Å². The largest absolute Gasteiger partial charge is 0.465 e. The fourth-order valence-electron chi connectivity index (χ4n) is 5.88. The summed E-state index contributed by atoms with van der Waals surface area (Å²) in [5, 5.41) is 0. The van der Waals surface area contributed by atoms with Gasteiger partial charge in [-0.15, -0.1) is 0 Å². The minimum Gasteiger partial charge on any atom is -0.465 e. The second-order valence-corrected chi connectivity index (χ2v) is 9.09. The summed E-state index contributed by atoms with van der Waals surface area (Å²) in [5.74, 6) is 0.429. The van der Waals surface area contributed by atoms with Crippen LogP contribution in [0.5, 0.6) is 0 Å². The summed E-state index contributed by atoms with van der Waals surface area (Å²) in [6, 6.07) is 21.6. The molecule has 3 aliphatic rings. The van der Waals surface area contributed by atoms with E-state index in [9.17, 15) is 4.79 Å². The second-order valence-electron chi connectivity index (χ2n) is 9.09. The van der Waals surface area contributed by atoms with Gasteiger partial charge in [-0.05, 0) is 56.3 Å². The highest BCUT2D eigenvalue weighted by Gasteiger charge is 2.61. The lowest BCUT2D eigenvalue weighted by Gasteiger charge is -2.44. The van der Waals surface area contributed by atoms with Crippen molar-refractivity contribution in [3.8, 4) is 0 Å². The van der Waals surface area contributed by atoms with Crippen LogP contribution in [0.25, 0.3) is 0 Å². The van der Waals surface area contributed by atoms with Crippen molar-refractivity contribution in [2.75, 3.05) is 19.7 Å². The molecule has 2 aliphatic heterocycles. The Kier molecular flexibility index (Phi) is 5.17. The quantitative estimate of drug-likeness (QED) is 0.688. The van der Waals surface area contributed by atoms with Crippen LogP contribution in [0, 0.1) is 11.8 Å². The average molecular weight is 390 g/mol. The van der Waals surface area contributed by atoms with Gasteiger partial charge in [0.2, 0.25) is 0 Å². The maximum Gasteiger partial charge on any atom is 0.310 e. The number of esters is 1. The fourth-order valence-corrected chi connectivity index (χ4v) is 5.88. The number of ether oxygens (including phenoxy) is 1. The molecule has 0 aromatic heterocycles. The summed E-state index contributed by atoms with van der Waals surface area (Å²) in [7, 11) is 0. The summed E-state index contributed by atoms with van der Waals surface area (Å²) in [6.45, 7) is 3.04. The van der Waals surface area contributed by atoms with Crippen molar-refractivity contribution in [3.63, 3.8) is 0 Å². The van der Waals surface area contributed by atoms with Crippen molar-refractivity contribution in [2.45, 2.75) is 50.0 Å². The van der Waals surface area contributed by atoms with E-state index in [1.54, 1.807) is 0 Å². The molecule has 3 fully saturated rings. The molecule has 0 bridgehead atoms. The first-order chi connectivity index (χ1) is 14.3. The molecular formula is C26H31NO2. The summed E-state index contributed by atoms with van der Waals surface area (Å²) in [6.07, 6.45) is 7.19. The first-order valence-electron chi connectivity index (χ1n) is 11.3. The predicted molar refractivity (Wildman–Crippen MR) is 115 cm³/mol. The van der Waals surface area contributed by atoms with Crippen molar-refractivity contribution in [2.24, 2.45) is 11.8 Å². The Morgan fingerprint density at radius 3 is 2.24 bits per heavy atom. The predicted octanol–water partition coefficient (Wildman–Crippen LogP) is 4.80. The third-order valence-electron chi connectivity index (χ3n) is 7.49. The molecule has 0 spiro atoms. The molecule has 1 saturated carbocycles. The number of fused-ring (bicyclic) bond motifs is 1. The molecule has 0 N–H and O–H groups in total. The van der Waals surface area contributed by atoms with Crippen molar-refractivity contribution in [1.29, 1.82) is 0 Å². The van der Waals surface area contributed by atoms with E-state index in [4.69, 9.17) is 4.74 Å². The van der Waals surface area contributed by atoms with Gasteiger partial charge >= 0.3 is 5.97 Å².